The third-order valence-electron chi connectivity index (χ3n) is 2.43. The fraction of sp³-hybridized carbons (Fsp3) is 0.167. The highest BCUT2D eigenvalue weighted by Gasteiger charge is 2.16. The summed E-state index contributed by atoms with van der Waals surface area (Å²) >= 11 is 1.57. The summed E-state index contributed by atoms with van der Waals surface area (Å²) < 4.78 is 5.05. The molecule has 16 heavy (non-hydrogen) atoms. The molecule has 2 rings (SSSR count). The van der Waals surface area contributed by atoms with Crippen molar-refractivity contribution in [1.29, 1.82) is 0 Å². The Morgan fingerprint density at radius 1 is 1.31 bits per heavy atom. The SMILES string of the molecule is COc1cccc([C@H](N)c2cccs2)c1O. The quantitative estimate of drug-likeness (QED) is 0.859. The maximum absolute atomic E-state index is 9.96. The zero-order valence-corrected chi connectivity index (χ0v) is 9.70. The Morgan fingerprint density at radius 2 is 2.12 bits per heavy atom. The lowest BCUT2D eigenvalue weighted by molar-refractivity contribution is 0.369. The molecule has 3 nitrogen and oxygen atoms in total. The predicted octanol–water partition coefficient (Wildman–Crippen LogP) is 2.51. The lowest BCUT2D eigenvalue weighted by atomic mass is 10.0. The Kier molecular flexibility index (Phi) is 3.12. The molecule has 1 aromatic carbocycles. The summed E-state index contributed by atoms with van der Waals surface area (Å²) in [5.41, 5.74) is 6.76. The molecule has 0 aliphatic heterocycles. The van der Waals surface area contributed by atoms with E-state index in [1.54, 1.807) is 17.4 Å². The van der Waals surface area contributed by atoms with Gasteiger partial charge in [-0.05, 0) is 17.5 Å². The van der Waals surface area contributed by atoms with Gasteiger partial charge in [-0.2, -0.15) is 0 Å². The van der Waals surface area contributed by atoms with Gasteiger partial charge in [0.15, 0.2) is 11.5 Å². The molecule has 0 spiro atoms. The summed E-state index contributed by atoms with van der Waals surface area (Å²) in [4.78, 5) is 1.02. The van der Waals surface area contributed by atoms with Crippen molar-refractivity contribution < 1.29 is 9.84 Å². The molecule has 0 fully saturated rings. The fourth-order valence-electron chi connectivity index (χ4n) is 1.58. The van der Waals surface area contributed by atoms with E-state index in [-0.39, 0.29) is 11.8 Å². The van der Waals surface area contributed by atoms with E-state index < -0.39 is 0 Å². The first kappa shape index (κ1) is 11.0. The molecule has 2 aromatic rings. The Labute approximate surface area is 98.1 Å². The average molecular weight is 235 g/mol. The van der Waals surface area contributed by atoms with Crippen molar-refractivity contribution in [2.24, 2.45) is 5.73 Å². The van der Waals surface area contributed by atoms with Crippen molar-refractivity contribution >= 4 is 11.3 Å². The Bertz CT molecular complexity index is 468. The first-order valence-corrected chi connectivity index (χ1v) is 5.77. The van der Waals surface area contributed by atoms with Crippen LogP contribution in [0.2, 0.25) is 0 Å². The van der Waals surface area contributed by atoms with Gasteiger partial charge in [-0.1, -0.05) is 18.2 Å². The van der Waals surface area contributed by atoms with Crippen LogP contribution in [-0.2, 0) is 0 Å². The first-order valence-electron chi connectivity index (χ1n) is 4.89. The number of rotatable bonds is 3. The third-order valence-corrected chi connectivity index (χ3v) is 3.39. The molecule has 0 saturated carbocycles. The van der Waals surface area contributed by atoms with E-state index in [2.05, 4.69) is 0 Å². The van der Waals surface area contributed by atoms with Gasteiger partial charge in [0.2, 0.25) is 0 Å². The number of para-hydroxylation sites is 1. The summed E-state index contributed by atoms with van der Waals surface area (Å²) in [6.45, 7) is 0. The normalized spacial score (nSPS) is 12.4. The van der Waals surface area contributed by atoms with Gasteiger partial charge in [-0.3, -0.25) is 0 Å². The van der Waals surface area contributed by atoms with Crippen LogP contribution in [0.4, 0.5) is 0 Å². The molecule has 0 saturated heterocycles. The number of phenols is 1. The second kappa shape index (κ2) is 4.55. The van der Waals surface area contributed by atoms with Crippen LogP contribution >= 0.6 is 11.3 Å². The first-order chi connectivity index (χ1) is 7.74. The second-order valence-electron chi connectivity index (χ2n) is 3.39. The topological polar surface area (TPSA) is 55.5 Å². The minimum absolute atomic E-state index is 0.117. The highest BCUT2D eigenvalue weighted by atomic mass is 32.1. The highest BCUT2D eigenvalue weighted by molar-refractivity contribution is 7.10. The number of hydrogen-bond acceptors (Lipinski definition) is 4. The molecule has 1 atom stereocenters. The Balaban J connectivity index is 2.41. The predicted molar refractivity (Wildman–Crippen MR) is 65.0 cm³/mol. The van der Waals surface area contributed by atoms with E-state index in [4.69, 9.17) is 10.5 Å². The van der Waals surface area contributed by atoms with E-state index in [1.165, 1.54) is 7.11 Å². The lowest BCUT2D eigenvalue weighted by Crippen LogP contribution is -2.10. The van der Waals surface area contributed by atoms with Crippen LogP contribution in [0.3, 0.4) is 0 Å². The van der Waals surface area contributed by atoms with Gasteiger partial charge in [0, 0.05) is 10.4 Å². The summed E-state index contributed by atoms with van der Waals surface area (Å²) in [5.74, 6) is 0.565. The molecule has 84 valence electrons. The molecule has 1 aromatic heterocycles. The monoisotopic (exact) mass is 235 g/mol. The molecular formula is C12H13NO2S. The van der Waals surface area contributed by atoms with Crippen molar-refractivity contribution in [2.45, 2.75) is 6.04 Å². The summed E-state index contributed by atoms with van der Waals surface area (Å²) in [5, 5.41) is 11.9. The van der Waals surface area contributed by atoms with Gasteiger partial charge >= 0.3 is 0 Å². The van der Waals surface area contributed by atoms with Crippen LogP contribution in [0.5, 0.6) is 11.5 Å². The molecule has 0 bridgehead atoms. The van der Waals surface area contributed by atoms with Crippen molar-refractivity contribution in [3.05, 3.63) is 46.2 Å². The van der Waals surface area contributed by atoms with Gasteiger partial charge in [-0.15, -0.1) is 11.3 Å². The van der Waals surface area contributed by atoms with E-state index in [0.29, 0.717) is 11.3 Å². The average Bonchev–Trinajstić information content (AvgIpc) is 2.82. The lowest BCUT2D eigenvalue weighted by Gasteiger charge is -2.13. The molecular weight excluding hydrogens is 222 g/mol. The van der Waals surface area contributed by atoms with Gasteiger partial charge < -0.3 is 15.6 Å². The number of methoxy groups -OCH3 is 1. The molecule has 1 heterocycles. The zero-order chi connectivity index (χ0) is 11.5. The third kappa shape index (κ3) is 1.89. The molecule has 0 aliphatic carbocycles. The zero-order valence-electron chi connectivity index (χ0n) is 8.88. The summed E-state index contributed by atoms with van der Waals surface area (Å²) in [6.07, 6.45) is 0. The van der Waals surface area contributed by atoms with Gasteiger partial charge in [-0.25, -0.2) is 0 Å². The minimum Gasteiger partial charge on any atom is -0.504 e. The number of phenolic OH excluding ortho intramolecular Hbond substituents is 1. The summed E-state index contributed by atoms with van der Waals surface area (Å²) in [6, 6.07) is 8.92. The number of nitrogens with two attached hydrogens (primary N) is 1. The van der Waals surface area contributed by atoms with Crippen molar-refractivity contribution in [1.82, 2.24) is 0 Å². The standard InChI is InChI=1S/C12H13NO2S/c1-15-9-5-2-4-8(12(9)14)11(13)10-6-3-7-16-10/h2-7,11,14H,13H2,1H3/t11-/m0/s1. The van der Waals surface area contributed by atoms with Gasteiger partial charge in [0.25, 0.3) is 0 Å². The Hall–Kier alpha value is -1.52. The van der Waals surface area contributed by atoms with Crippen molar-refractivity contribution in [2.75, 3.05) is 7.11 Å². The summed E-state index contributed by atoms with van der Waals surface area (Å²) in [7, 11) is 1.52. The van der Waals surface area contributed by atoms with E-state index in [1.807, 2.05) is 29.6 Å². The highest BCUT2D eigenvalue weighted by Crippen LogP contribution is 2.35. The number of hydrogen-bond donors (Lipinski definition) is 2. The van der Waals surface area contributed by atoms with Crippen LogP contribution < -0.4 is 10.5 Å². The number of ether oxygens (including phenoxy) is 1. The van der Waals surface area contributed by atoms with Crippen LogP contribution in [0.1, 0.15) is 16.5 Å². The molecule has 3 N–H and O–H groups in total. The second-order valence-corrected chi connectivity index (χ2v) is 4.37. The maximum Gasteiger partial charge on any atom is 0.162 e. The van der Waals surface area contributed by atoms with E-state index in [9.17, 15) is 5.11 Å². The molecule has 0 radical (unpaired) electrons. The number of aromatic hydroxyl groups is 1. The fourth-order valence-corrected chi connectivity index (χ4v) is 2.32. The maximum atomic E-state index is 9.96. The molecule has 0 aliphatic rings. The number of thiophene rings is 1. The van der Waals surface area contributed by atoms with Gasteiger partial charge in [0.05, 0.1) is 13.2 Å². The molecule has 0 unspecified atom stereocenters. The minimum atomic E-state index is -0.310. The Morgan fingerprint density at radius 3 is 2.75 bits per heavy atom. The van der Waals surface area contributed by atoms with Gasteiger partial charge in [0.1, 0.15) is 0 Å². The van der Waals surface area contributed by atoms with Crippen molar-refractivity contribution in [3.63, 3.8) is 0 Å². The largest absolute Gasteiger partial charge is 0.504 e. The molecule has 4 heteroatoms. The van der Waals surface area contributed by atoms with Crippen molar-refractivity contribution in [3.8, 4) is 11.5 Å². The smallest absolute Gasteiger partial charge is 0.162 e. The molecule has 0 amide bonds. The van der Waals surface area contributed by atoms with E-state index >= 15 is 0 Å². The van der Waals surface area contributed by atoms with Crippen LogP contribution in [-0.4, -0.2) is 12.2 Å². The van der Waals surface area contributed by atoms with Crippen LogP contribution in [0, 0.1) is 0 Å². The number of benzene rings is 1. The van der Waals surface area contributed by atoms with Crippen LogP contribution in [0.25, 0.3) is 0 Å². The van der Waals surface area contributed by atoms with Crippen LogP contribution in [0.15, 0.2) is 35.7 Å². The van der Waals surface area contributed by atoms with E-state index in [0.717, 1.165) is 4.88 Å².